The number of hydrogen-bond donors (Lipinski definition) is 0. The Balaban J connectivity index is 2.52. The molecule has 0 saturated heterocycles. The summed E-state index contributed by atoms with van der Waals surface area (Å²) < 4.78 is 5.07. The van der Waals surface area contributed by atoms with Gasteiger partial charge < -0.3 is 4.74 Å². The molecular formula is C12H10O2S. The minimum Gasteiger partial charge on any atom is -0.497 e. The zero-order valence-corrected chi connectivity index (χ0v) is 9.08. The lowest BCUT2D eigenvalue weighted by Gasteiger charge is -2.04. The first-order chi connectivity index (χ1) is 7.35. The Labute approximate surface area is 92.1 Å². The summed E-state index contributed by atoms with van der Waals surface area (Å²) in [6, 6.07) is 9.50. The zero-order valence-electron chi connectivity index (χ0n) is 8.27. The average Bonchev–Trinajstić information content (AvgIpc) is 2.81. The number of rotatable bonds is 3. The van der Waals surface area contributed by atoms with Gasteiger partial charge in [-0.1, -0.05) is 6.07 Å². The average molecular weight is 218 g/mol. The van der Waals surface area contributed by atoms with E-state index in [2.05, 4.69) is 0 Å². The van der Waals surface area contributed by atoms with Gasteiger partial charge in [-0.25, -0.2) is 0 Å². The Hall–Kier alpha value is -1.61. The molecule has 2 aromatic rings. The molecule has 0 atom stereocenters. The van der Waals surface area contributed by atoms with E-state index in [1.165, 1.54) is 0 Å². The molecular weight excluding hydrogens is 208 g/mol. The molecule has 15 heavy (non-hydrogen) atoms. The van der Waals surface area contributed by atoms with Gasteiger partial charge in [-0.3, -0.25) is 4.79 Å². The van der Waals surface area contributed by atoms with E-state index in [0.29, 0.717) is 11.3 Å². The van der Waals surface area contributed by atoms with Crippen molar-refractivity contribution in [1.82, 2.24) is 0 Å². The van der Waals surface area contributed by atoms with Crippen LogP contribution in [0.1, 0.15) is 10.4 Å². The minimum absolute atomic E-state index is 0.664. The summed E-state index contributed by atoms with van der Waals surface area (Å²) in [7, 11) is 1.59. The number of benzene rings is 1. The summed E-state index contributed by atoms with van der Waals surface area (Å²) in [5, 5.41) is 1.99. The van der Waals surface area contributed by atoms with Crippen molar-refractivity contribution in [2.75, 3.05) is 7.11 Å². The van der Waals surface area contributed by atoms with Crippen molar-refractivity contribution in [3.63, 3.8) is 0 Å². The maximum absolute atomic E-state index is 10.9. The van der Waals surface area contributed by atoms with E-state index in [4.69, 9.17) is 4.74 Å². The van der Waals surface area contributed by atoms with Gasteiger partial charge in [0.2, 0.25) is 0 Å². The van der Waals surface area contributed by atoms with E-state index in [1.807, 2.05) is 29.6 Å². The Bertz CT molecular complexity index is 460. The van der Waals surface area contributed by atoms with Crippen molar-refractivity contribution in [3.05, 3.63) is 41.3 Å². The highest BCUT2D eigenvalue weighted by Gasteiger charge is 2.06. The highest BCUT2D eigenvalue weighted by molar-refractivity contribution is 7.13. The number of thiophene rings is 1. The van der Waals surface area contributed by atoms with Crippen LogP contribution in [0.15, 0.2) is 35.7 Å². The van der Waals surface area contributed by atoms with Gasteiger partial charge >= 0.3 is 0 Å². The van der Waals surface area contributed by atoms with E-state index in [-0.39, 0.29) is 0 Å². The lowest BCUT2D eigenvalue weighted by Crippen LogP contribution is -1.89. The van der Waals surface area contributed by atoms with Gasteiger partial charge in [-0.15, -0.1) is 11.3 Å². The SMILES string of the molecule is COc1ccc(-c2cccs2)c(C=O)c1. The summed E-state index contributed by atoms with van der Waals surface area (Å²) in [6.45, 7) is 0. The van der Waals surface area contributed by atoms with Crippen LogP contribution in [0.5, 0.6) is 5.75 Å². The van der Waals surface area contributed by atoms with Gasteiger partial charge in [-0.05, 0) is 29.6 Å². The first-order valence-electron chi connectivity index (χ1n) is 4.52. The second-order valence-corrected chi connectivity index (χ2v) is 4.00. The molecule has 2 rings (SSSR count). The molecule has 3 heteroatoms. The molecule has 0 fully saturated rings. The van der Waals surface area contributed by atoms with E-state index in [1.54, 1.807) is 24.5 Å². The van der Waals surface area contributed by atoms with Crippen LogP contribution < -0.4 is 4.74 Å². The van der Waals surface area contributed by atoms with Crippen LogP contribution in [-0.2, 0) is 0 Å². The largest absolute Gasteiger partial charge is 0.497 e. The third-order valence-electron chi connectivity index (χ3n) is 2.17. The fourth-order valence-corrected chi connectivity index (χ4v) is 2.20. The summed E-state index contributed by atoms with van der Waals surface area (Å²) in [5.74, 6) is 0.706. The lowest BCUT2D eigenvalue weighted by molar-refractivity contribution is 0.112. The molecule has 0 saturated carbocycles. The zero-order chi connectivity index (χ0) is 10.7. The third-order valence-corrected chi connectivity index (χ3v) is 3.08. The minimum atomic E-state index is 0.664. The number of carbonyl (C=O) groups is 1. The summed E-state index contributed by atoms with van der Waals surface area (Å²) in [6.07, 6.45) is 0.859. The molecule has 0 spiro atoms. The second-order valence-electron chi connectivity index (χ2n) is 3.05. The fraction of sp³-hybridized carbons (Fsp3) is 0.0833. The molecule has 0 aliphatic rings. The van der Waals surface area contributed by atoms with Gasteiger partial charge in [-0.2, -0.15) is 0 Å². The van der Waals surface area contributed by atoms with Crippen molar-refractivity contribution in [3.8, 4) is 16.2 Å². The van der Waals surface area contributed by atoms with Crippen molar-refractivity contribution in [1.29, 1.82) is 0 Å². The number of aldehydes is 1. The number of methoxy groups -OCH3 is 1. The number of ether oxygens (including phenoxy) is 1. The van der Waals surface area contributed by atoms with Crippen molar-refractivity contribution in [2.45, 2.75) is 0 Å². The monoisotopic (exact) mass is 218 g/mol. The smallest absolute Gasteiger partial charge is 0.150 e. The Morgan fingerprint density at radius 3 is 2.80 bits per heavy atom. The molecule has 0 aliphatic carbocycles. The van der Waals surface area contributed by atoms with Crippen molar-refractivity contribution >= 4 is 17.6 Å². The molecule has 2 nitrogen and oxygen atoms in total. The Kier molecular flexibility index (Phi) is 2.83. The molecule has 0 aliphatic heterocycles. The van der Waals surface area contributed by atoms with Crippen molar-refractivity contribution < 1.29 is 9.53 Å². The molecule has 1 aromatic heterocycles. The van der Waals surface area contributed by atoms with E-state index in [9.17, 15) is 4.79 Å². The van der Waals surface area contributed by atoms with E-state index < -0.39 is 0 Å². The van der Waals surface area contributed by atoms with E-state index in [0.717, 1.165) is 16.7 Å². The van der Waals surface area contributed by atoms with Crippen LogP contribution in [0.25, 0.3) is 10.4 Å². The maximum atomic E-state index is 10.9. The van der Waals surface area contributed by atoms with Crippen LogP contribution >= 0.6 is 11.3 Å². The molecule has 0 amide bonds. The molecule has 1 heterocycles. The van der Waals surface area contributed by atoms with Crippen LogP contribution in [0.4, 0.5) is 0 Å². The predicted octanol–water partition coefficient (Wildman–Crippen LogP) is 3.24. The van der Waals surface area contributed by atoms with Gasteiger partial charge in [0, 0.05) is 16.0 Å². The van der Waals surface area contributed by atoms with Gasteiger partial charge in [0.05, 0.1) is 7.11 Å². The summed E-state index contributed by atoms with van der Waals surface area (Å²) in [5.41, 5.74) is 1.62. The second kappa shape index (κ2) is 4.28. The van der Waals surface area contributed by atoms with Crippen LogP contribution in [0, 0.1) is 0 Å². The normalized spacial score (nSPS) is 9.93. The first-order valence-corrected chi connectivity index (χ1v) is 5.40. The molecule has 76 valence electrons. The standard InChI is InChI=1S/C12H10O2S/c1-14-10-4-5-11(9(7-10)8-13)12-3-2-6-15-12/h2-8H,1H3. The van der Waals surface area contributed by atoms with Crippen LogP contribution in [-0.4, -0.2) is 13.4 Å². The molecule has 0 N–H and O–H groups in total. The van der Waals surface area contributed by atoms with Gasteiger partial charge in [0.25, 0.3) is 0 Å². The highest BCUT2D eigenvalue weighted by atomic mass is 32.1. The molecule has 0 bridgehead atoms. The number of carbonyl (C=O) groups excluding carboxylic acids is 1. The van der Waals surface area contributed by atoms with Crippen LogP contribution in [0.3, 0.4) is 0 Å². The maximum Gasteiger partial charge on any atom is 0.150 e. The predicted molar refractivity (Wildman–Crippen MR) is 61.7 cm³/mol. The topological polar surface area (TPSA) is 26.3 Å². The lowest BCUT2D eigenvalue weighted by atomic mass is 10.1. The van der Waals surface area contributed by atoms with Gasteiger partial charge in [0.15, 0.2) is 6.29 Å². The van der Waals surface area contributed by atoms with Gasteiger partial charge in [0.1, 0.15) is 5.75 Å². The number of hydrogen-bond acceptors (Lipinski definition) is 3. The highest BCUT2D eigenvalue weighted by Crippen LogP contribution is 2.29. The quantitative estimate of drug-likeness (QED) is 0.739. The summed E-state index contributed by atoms with van der Waals surface area (Å²) in [4.78, 5) is 12.0. The molecule has 0 radical (unpaired) electrons. The van der Waals surface area contributed by atoms with E-state index >= 15 is 0 Å². The fourth-order valence-electron chi connectivity index (χ4n) is 1.42. The molecule has 0 unspecified atom stereocenters. The van der Waals surface area contributed by atoms with Crippen LogP contribution in [0.2, 0.25) is 0 Å². The third kappa shape index (κ3) is 1.92. The Morgan fingerprint density at radius 2 is 2.20 bits per heavy atom. The van der Waals surface area contributed by atoms with Crippen molar-refractivity contribution in [2.24, 2.45) is 0 Å². The first kappa shape index (κ1) is 9.93. The summed E-state index contributed by atoms with van der Waals surface area (Å²) >= 11 is 1.62. The Morgan fingerprint density at radius 1 is 1.33 bits per heavy atom. The molecule has 1 aromatic carbocycles.